The average molecular weight is 361 g/mol. The highest BCUT2D eigenvalue weighted by molar-refractivity contribution is 5.81. The van der Waals surface area contributed by atoms with Crippen LogP contribution in [0, 0.1) is 5.82 Å². The molecule has 0 saturated heterocycles. The number of halogens is 1. The number of ether oxygens (including phenoxy) is 2. The van der Waals surface area contributed by atoms with Crippen molar-refractivity contribution in [1.82, 2.24) is 5.32 Å². The molecule has 0 heterocycles. The van der Waals surface area contributed by atoms with Crippen LogP contribution in [0.15, 0.2) is 48.5 Å². The van der Waals surface area contributed by atoms with Crippen molar-refractivity contribution < 1.29 is 28.6 Å². The van der Waals surface area contributed by atoms with Crippen LogP contribution in [-0.2, 0) is 16.1 Å². The molecular weight excluding hydrogens is 341 g/mol. The Morgan fingerprint density at radius 3 is 2.65 bits per heavy atom. The van der Waals surface area contributed by atoms with Crippen LogP contribution in [0.25, 0.3) is 0 Å². The van der Waals surface area contributed by atoms with Crippen LogP contribution in [0.3, 0.4) is 0 Å². The van der Waals surface area contributed by atoms with Gasteiger partial charge in [-0.25, -0.2) is 9.18 Å². The number of nitrogens with one attached hydrogen (secondary N) is 1. The lowest BCUT2D eigenvalue weighted by molar-refractivity contribution is -0.139. The minimum absolute atomic E-state index is 0.0265. The Morgan fingerprint density at radius 1 is 1.19 bits per heavy atom. The molecule has 0 aliphatic heterocycles. The molecule has 0 spiro atoms. The van der Waals surface area contributed by atoms with Gasteiger partial charge in [0.1, 0.15) is 5.75 Å². The maximum absolute atomic E-state index is 13.7. The minimum atomic E-state index is -1.07. The van der Waals surface area contributed by atoms with E-state index in [1.165, 1.54) is 12.1 Å². The fourth-order valence-corrected chi connectivity index (χ4v) is 2.21. The molecular formula is C19H20FNO5. The monoisotopic (exact) mass is 361 g/mol. The Bertz CT molecular complexity index is 765. The summed E-state index contributed by atoms with van der Waals surface area (Å²) >= 11 is 0. The zero-order valence-electron chi connectivity index (χ0n) is 14.3. The Labute approximate surface area is 150 Å². The predicted molar refractivity (Wildman–Crippen MR) is 92.5 cm³/mol. The van der Waals surface area contributed by atoms with E-state index >= 15 is 0 Å². The van der Waals surface area contributed by atoms with Crippen LogP contribution in [0.1, 0.15) is 18.9 Å². The Hall–Kier alpha value is -3.09. The first-order valence-corrected chi connectivity index (χ1v) is 8.12. The normalized spacial score (nSPS) is 11.5. The first-order valence-electron chi connectivity index (χ1n) is 8.12. The quantitative estimate of drug-likeness (QED) is 0.717. The van der Waals surface area contributed by atoms with E-state index in [4.69, 9.17) is 14.6 Å². The van der Waals surface area contributed by atoms with Gasteiger partial charge in [-0.05, 0) is 36.2 Å². The van der Waals surface area contributed by atoms with Crippen molar-refractivity contribution in [3.63, 3.8) is 0 Å². The summed E-state index contributed by atoms with van der Waals surface area (Å²) in [5, 5.41) is 11.3. The molecule has 2 aromatic carbocycles. The SMILES string of the molecule is CCC(Oc1ccccc1F)C(=O)NCc1cccc(OCC(=O)O)c1. The van der Waals surface area contributed by atoms with Crippen molar-refractivity contribution in [2.75, 3.05) is 6.61 Å². The molecule has 1 atom stereocenters. The molecule has 0 bridgehead atoms. The maximum atomic E-state index is 13.7. The Kier molecular flexibility index (Phi) is 6.96. The summed E-state index contributed by atoms with van der Waals surface area (Å²) in [6, 6.07) is 12.6. The number of carboxylic acid groups (broad SMARTS) is 1. The van der Waals surface area contributed by atoms with Crippen molar-refractivity contribution in [3.05, 3.63) is 59.9 Å². The molecule has 0 aliphatic rings. The Morgan fingerprint density at radius 2 is 1.96 bits per heavy atom. The van der Waals surface area contributed by atoms with Crippen molar-refractivity contribution in [3.8, 4) is 11.5 Å². The molecule has 138 valence electrons. The first-order chi connectivity index (χ1) is 12.5. The fourth-order valence-electron chi connectivity index (χ4n) is 2.21. The number of amides is 1. The minimum Gasteiger partial charge on any atom is -0.482 e. The van der Waals surface area contributed by atoms with Gasteiger partial charge in [-0.2, -0.15) is 0 Å². The lowest BCUT2D eigenvalue weighted by Crippen LogP contribution is -2.37. The van der Waals surface area contributed by atoms with E-state index < -0.39 is 24.5 Å². The van der Waals surface area contributed by atoms with Gasteiger partial charge in [-0.15, -0.1) is 0 Å². The molecule has 0 radical (unpaired) electrons. The standard InChI is InChI=1S/C19H20FNO5/c1-2-16(26-17-9-4-3-8-15(17)20)19(24)21-11-13-6-5-7-14(10-13)25-12-18(22)23/h3-10,16H,2,11-12H2,1H3,(H,21,24)(H,22,23). The molecule has 2 N–H and O–H groups in total. The van der Waals surface area contributed by atoms with Gasteiger partial charge in [0, 0.05) is 6.54 Å². The summed E-state index contributed by atoms with van der Waals surface area (Å²) in [7, 11) is 0. The summed E-state index contributed by atoms with van der Waals surface area (Å²) in [6.07, 6.45) is -0.444. The highest BCUT2D eigenvalue weighted by Gasteiger charge is 2.19. The van der Waals surface area contributed by atoms with Gasteiger partial charge in [-0.3, -0.25) is 4.79 Å². The largest absolute Gasteiger partial charge is 0.482 e. The maximum Gasteiger partial charge on any atom is 0.341 e. The number of aliphatic carboxylic acids is 1. The first kappa shape index (κ1) is 19.2. The number of carboxylic acids is 1. The molecule has 0 aliphatic carbocycles. The van der Waals surface area contributed by atoms with Crippen molar-refractivity contribution >= 4 is 11.9 Å². The second-order valence-corrected chi connectivity index (χ2v) is 5.49. The Balaban J connectivity index is 1.93. The van der Waals surface area contributed by atoms with Crippen LogP contribution in [0.5, 0.6) is 11.5 Å². The van der Waals surface area contributed by atoms with Crippen LogP contribution in [0.2, 0.25) is 0 Å². The molecule has 2 aromatic rings. The van der Waals surface area contributed by atoms with Crippen molar-refractivity contribution in [2.24, 2.45) is 0 Å². The van der Waals surface area contributed by atoms with Gasteiger partial charge in [0.25, 0.3) is 5.91 Å². The zero-order valence-corrected chi connectivity index (χ0v) is 14.3. The molecule has 26 heavy (non-hydrogen) atoms. The summed E-state index contributed by atoms with van der Waals surface area (Å²) in [5.74, 6) is -1.54. The summed E-state index contributed by atoms with van der Waals surface area (Å²) in [4.78, 5) is 22.8. The number of hydrogen-bond donors (Lipinski definition) is 2. The smallest absolute Gasteiger partial charge is 0.341 e. The van der Waals surface area contributed by atoms with Crippen LogP contribution in [-0.4, -0.2) is 29.7 Å². The second-order valence-electron chi connectivity index (χ2n) is 5.49. The summed E-state index contributed by atoms with van der Waals surface area (Å²) in [6.45, 7) is 1.54. The van der Waals surface area contributed by atoms with Gasteiger partial charge >= 0.3 is 5.97 Å². The van der Waals surface area contributed by atoms with Gasteiger partial charge in [0.05, 0.1) is 0 Å². The van der Waals surface area contributed by atoms with E-state index in [1.54, 1.807) is 43.3 Å². The van der Waals surface area contributed by atoms with Gasteiger partial charge in [0.2, 0.25) is 0 Å². The van der Waals surface area contributed by atoms with Crippen molar-refractivity contribution in [2.45, 2.75) is 26.0 Å². The summed E-state index contributed by atoms with van der Waals surface area (Å²) < 4.78 is 24.2. The number of benzene rings is 2. The number of carbonyl (C=O) groups excluding carboxylic acids is 1. The third-order valence-corrected chi connectivity index (χ3v) is 3.50. The van der Waals surface area contributed by atoms with E-state index in [0.717, 1.165) is 5.56 Å². The van der Waals surface area contributed by atoms with Crippen LogP contribution in [0.4, 0.5) is 4.39 Å². The second kappa shape index (κ2) is 9.41. The molecule has 0 aromatic heterocycles. The molecule has 0 fully saturated rings. The molecule has 1 amide bonds. The average Bonchev–Trinajstić information content (AvgIpc) is 2.64. The third kappa shape index (κ3) is 5.77. The van der Waals surface area contributed by atoms with Crippen molar-refractivity contribution in [1.29, 1.82) is 0 Å². The van der Waals surface area contributed by atoms with Gasteiger partial charge in [0.15, 0.2) is 24.3 Å². The topological polar surface area (TPSA) is 84.9 Å². The van der Waals surface area contributed by atoms with E-state index in [1.807, 2.05) is 0 Å². The highest BCUT2D eigenvalue weighted by Crippen LogP contribution is 2.18. The highest BCUT2D eigenvalue weighted by atomic mass is 19.1. The lowest BCUT2D eigenvalue weighted by Gasteiger charge is -2.17. The number of para-hydroxylation sites is 1. The van der Waals surface area contributed by atoms with E-state index in [2.05, 4.69) is 5.32 Å². The van der Waals surface area contributed by atoms with Crippen LogP contribution < -0.4 is 14.8 Å². The number of carbonyl (C=O) groups is 2. The zero-order chi connectivity index (χ0) is 18.9. The van der Waals surface area contributed by atoms with Crippen LogP contribution >= 0.6 is 0 Å². The molecule has 2 rings (SSSR count). The molecule has 0 saturated carbocycles. The number of hydrogen-bond acceptors (Lipinski definition) is 4. The fraction of sp³-hybridized carbons (Fsp3) is 0.263. The third-order valence-electron chi connectivity index (χ3n) is 3.50. The summed E-state index contributed by atoms with van der Waals surface area (Å²) in [5.41, 5.74) is 0.738. The van der Waals surface area contributed by atoms with E-state index in [9.17, 15) is 14.0 Å². The number of rotatable bonds is 9. The van der Waals surface area contributed by atoms with Gasteiger partial charge in [-0.1, -0.05) is 31.2 Å². The molecule has 1 unspecified atom stereocenters. The predicted octanol–water partition coefficient (Wildman–Crippen LogP) is 2.76. The van der Waals surface area contributed by atoms with E-state index in [-0.39, 0.29) is 18.2 Å². The van der Waals surface area contributed by atoms with Gasteiger partial charge < -0.3 is 19.9 Å². The lowest BCUT2D eigenvalue weighted by atomic mass is 10.2. The van der Waals surface area contributed by atoms with E-state index in [0.29, 0.717) is 12.2 Å². The molecule has 7 heteroatoms. The molecule has 6 nitrogen and oxygen atoms in total.